The highest BCUT2D eigenvalue weighted by Crippen LogP contribution is 2.37. The van der Waals surface area contributed by atoms with Crippen LogP contribution in [0.2, 0.25) is 10.0 Å². The van der Waals surface area contributed by atoms with Crippen LogP contribution in [-0.4, -0.2) is 48.1 Å². The normalized spacial score (nSPS) is 20.4. The van der Waals surface area contributed by atoms with E-state index in [1.165, 1.54) is 6.07 Å². The number of benzene rings is 1. The quantitative estimate of drug-likeness (QED) is 0.620. The van der Waals surface area contributed by atoms with Crippen molar-refractivity contribution in [2.45, 2.75) is 18.9 Å². The topological polar surface area (TPSA) is 108 Å². The van der Waals surface area contributed by atoms with Crippen LogP contribution in [0.25, 0.3) is 0 Å². The number of amides is 3. The van der Waals surface area contributed by atoms with E-state index in [4.69, 9.17) is 28.9 Å². The molecule has 1 aromatic rings. The van der Waals surface area contributed by atoms with Gasteiger partial charge in [-0.15, -0.1) is 0 Å². The number of carbonyl (C=O) groups excluding carboxylic acids is 2. The van der Waals surface area contributed by atoms with Gasteiger partial charge in [-0.2, -0.15) is 0 Å². The van der Waals surface area contributed by atoms with Crippen molar-refractivity contribution in [3.63, 3.8) is 0 Å². The van der Waals surface area contributed by atoms with Crippen LogP contribution in [0.15, 0.2) is 12.1 Å². The zero-order valence-corrected chi connectivity index (χ0v) is 15.7. The van der Waals surface area contributed by atoms with Gasteiger partial charge in [-0.1, -0.05) is 23.2 Å². The van der Waals surface area contributed by atoms with Crippen LogP contribution < -0.4 is 16.4 Å². The number of phenolic OH excluding ortho intramolecular Hbond substituents is 1. The standard InChI is InChI=1S/C17H22Cl2N4O3/c18-12-5-11(14(24)6-13(12)19)15(20)9-1-3-23(4-2-9)16(25)10-7-21-17(26)22-8-10/h5-6,9-10,15,24H,1-4,7-8,20H2,(H2,21,22,26). The van der Waals surface area contributed by atoms with Gasteiger partial charge in [0.2, 0.25) is 5.91 Å². The highest BCUT2D eigenvalue weighted by Gasteiger charge is 2.33. The lowest BCUT2D eigenvalue weighted by atomic mass is 9.85. The van der Waals surface area contributed by atoms with Gasteiger partial charge in [0, 0.05) is 43.9 Å². The van der Waals surface area contributed by atoms with Gasteiger partial charge in [-0.3, -0.25) is 4.79 Å². The molecule has 2 fully saturated rings. The maximum absolute atomic E-state index is 12.6. The highest BCUT2D eigenvalue weighted by atomic mass is 35.5. The third-order valence-corrected chi connectivity index (χ3v) is 5.88. The lowest BCUT2D eigenvalue weighted by Gasteiger charge is -2.37. The molecule has 142 valence electrons. The summed E-state index contributed by atoms with van der Waals surface area (Å²) in [6.45, 7) is 1.93. The van der Waals surface area contributed by atoms with Crippen molar-refractivity contribution in [2.24, 2.45) is 17.6 Å². The Morgan fingerprint density at radius 2 is 1.77 bits per heavy atom. The van der Waals surface area contributed by atoms with Crippen molar-refractivity contribution >= 4 is 35.1 Å². The molecule has 5 N–H and O–H groups in total. The number of aromatic hydroxyl groups is 1. The minimum Gasteiger partial charge on any atom is -0.508 e. The van der Waals surface area contributed by atoms with Crippen LogP contribution in [0, 0.1) is 11.8 Å². The first kappa shape index (κ1) is 19.1. The van der Waals surface area contributed by atoms with Crippen LogP contribution in [0.5, 0.6) is 5.75 Å². The Balaban J connectivity index is 1.59. The number of phenols is 1. The summed E-state index contributed by atoms with van der Waals surface area (Å²) in [7, 11) is 0. The second-order valence-corrected chi connectivity index (χ2v) is 7.62. The number of hydrogen-bond acceptors (Lipinski definition) is 4. The Hall–Kier alpha value is -1.70. The van der Waals surface area contributed by atoms with E-state index in [0.29, 0.717) is 36.8 Å². The molecule has 1 unspecified atom stereocenters. The Bertz CT molecular complexity index is 697. The number of rotatable bonds is 3. The molecule has 1 atom stereocenters. The van der Waals surface area contributed by atoms with E-state index in [9.17, 15) is 14.7 Å². The minimum absolute atomic E-state index is 0.0365. The van der Waals surface area contributed by atoms with Crippen molar-refractivity contribution in [2.75, 3.05) is 26.2 Å². The van der Waals surface area contributed by atoms with Gasteiger partial charge in [0.15, 0.2) is 0 Å². The first-order chi connectivity index (χ1) is 12.4. The van der Waals surface area contributed by atoms with Crippen molar-refractivity contribution in [1.82, 2.24) is 15.5 Å². The van der Waals surface area contributed by atoms with Crippen molar-refractivity contribution < 1.29 is 14.7 Å². The van der Waals surface area contributed by atoms with E-state index in [0.717, 1.165) is 12.8 Å². The number of carbonyl (C=O) groups is 2. The molecule has 0 saturated carbocycles. The number of piperidine rings is 1. The monoisotopic (exact) mass is 400 g/mol. The number of likely N-dealkylation sites (tertiary alicyclic amines) is 1. The van der Waals surface area contributed by atoms with E-state index in [-0.39, 0.29) is 40.6 Å². The molecule has 2 aliphatic heterocycles. The SMILES string of the molecule is NC(c1cc(Cl)c(Cl)cc1O)C1CCN(C(=O)C2CNC(=O)NC2)CC1. The van der Waals surface area contributed by atoms with Gasteiger partial charge >= 0.3 is 6.03 Å². The first-order valence-electron chi connectivity index (χ1n) is 8.60. The molecule has 2 saturated heterocycles. The highest BCUT2D eigenvalue weighted by molar-refractivity contribution is 6.42. The minimum atomic E-state index is -0.377. The van der Waals surface area contributed by atoms with Crippen LogP contribution in [0.1, 0.15) is 24.4 Å². The molecule has 3 rings (SSSR count). The lowest BCUT2D eigenvalue weighted by molar-refractivity contribution is -0.136. The molecule has 7 nitrogen and oxygen atoms in total. The van der Waals surface area contributed by atoms with Crippen LogP contribution in [0.4, 0.5) is 4.79 Å². The molecule has 0 spiro atoms. The van der Waals surface area contributed by atoms with Gasteiger partial charge in [0.25, 0.3) is 0 Å². The predicted octanol–water partition coefficient (Wildman–Crippen LogP) is 1.87. The third kappa shape index (κ3) is 4.00. The van der Waals surface area contributed by atoms with Gasteiger partial charge in [0.05, 0.1) is 16.0 Å². The fourth-order valence-electron chi connectivity index (χ4n) is 3.55. The number of urea groups is 1. The number of halogens is 2. The predicted molar refractivity (Wildman–Crippen MR) is 99.3 cm³/mol. The Morgan fingerprint density at radius 3 is 2.38 bits per heavy atom. The molecule has 0 aliphatic carbocycles. The van der Waals surface area contributed by atoms with Gasteiger partial charge in [0.1, 0.15) is 5.75 Å². The number of nitrogens with two attached hydrogens (primary N) is 1. The fourth-order valence-corrected chi connectivity index (χ4v) is 3.88. The Kier molecular flexibility index (Phi) is 5.79. The molecule has 9 heteroatoms. The molecule has 2 heterocycles. The molecular weight excluding hydrogens is 379 g/mol. The summed E-state index contributed by atoms with van der Waals surface area (Å²) in [5.74, 6) is -0.0280. The van der Waals surface area contributed by atoms with E-state index < -0.39 is 0 Å². The smallest absolute Gasteiger partial charge is 0.314 e. The maximum atomic E-state index is 12.6. The molecule has 0 aromatic heterocycles. The molecule has 2 aliphatic rings. The molecule has 26 heavy (non-hydrogen) atoms. The second kappa shape index (κ2) is 7.90. The largest absolute Gasteiger partial charge is 0.508 e. The number of hydrogen-bond donors (Lipinski definition) is 4. The Morgan fingerprint density at radius 1 is 1.19 bits per heavy atom. The van der Waals surface area contributed by atoms with Gasteiger partial charge in [-0.05, 0) is 24.8 Å². The Labute approximate surface area is 161 Å². The molecule has 1 aromatic carbocycles. The maximum Gasteiger partial charge on any atom is 0.314 e. The van der Waals surface area contributed by atoms with Crippen LogP contribution in [-0.2, 0) is 4.79 Å². The first-order valence-corrected chi connectivity index (χ1v) is 9.36. The van der Waals surface area contributed by atoms with Crippen LogP contribution in [0.3, 0.4) is 0 Å². The van der Waals surface area contributed by atoms with E-state index in [2.05, 4.69) is 10.6 Å². The molecule has 0 bridgehead atoms. The van der Waals surface area contributed by atoms with Crippen LogP contribution >= 0.6 is 23.2 Å². The second-order valence-electron chi connectivity index (χ2n) is 6.80. The summed E-state index contributed by atoms with van der Waals surface area (Å²) in [6.07, 6.45) is 1.47. The lowest BCUT2D eigenvalue weighted by Crippen LogP contribution is -2.54. The summed E-state index contributed by atoms with van der Waals surface area (Å²) in [5, 5.41) is 16.1. The van der Waals surface area contributed by atoms with E-state index in [1.54, 1.807) is 6.07 Å². The molecule has 3 amide bonds. The average molecular weight is 401 g/mol. The van der Waals surface area contributed by atoms with Gasteiger partial charge in [-0.25, -0.2) is 4.79 Å². The zero-order chi connectivity index (χ0) is 18.8. The number of nitrogens with zero attached hydrogens (tertiary/aromatic N) is 1. The third-order valence-electron chi connectivity index (χ3n) is 5.16. The average Bonchev–Trinajstić information content (AvgIpc) is 2.64. The van der Waals surface area contributed by atoms with Crippen molar-refractivity contribution in [3.05, 3.63) is 27.7 Å². The van der Waals surface area contributed by atoms with E-state index in [1.807, 2.05) is 4.90 Å². The number of nitrogens with one attached hydrogen (secondary N) is 2. The summed E-state index contributed by atoms with van der Waals surface area (Å²) in [4.78, 5) is 25.5. The van der Waals surface area contributed by atoms with Crippen molar-refractivity contribution in [3.8, 4) is 5.75 Å². The summed E-state index contributed by atoms with van der Waals surface area (Å²) in [5.41, 5.74) is 6.92. The van der Waals surface area contributed by atoms with E-state index >= 15 is 0 Å². The molecular formula is C17H22Cl2N4O3. The summed E-state index contributed by atoms with van der Waals surface area (Å²) in [6, 6.07) is 2.40. The summed E-state index contributed by atoms with van der Waals surface area (Å²) >= 11 is 11.9. The van der Waals surface area contributed by atoms with Gasteiger partial charge < -0.3 is 26.4 Å². The summed E-state index contributed by atoms with van der Waals surface area (Å²) < 4.78 is 0. The van der Waals surface area contributed by atoms with Crippen molar-refractivity contribution in [1.29, 1.82) is 0 Å². The zero-order valence-electron chi connectivity index (χ0n) is 14.2. The fraction of sp³-hybridized carbons (Fsp3) is 0.529. The molecule has 0 radical (unpaired) electrons.